The zero-order chi connectivity index (χ0) is 27.6. The van der Waals surface area contributed by atoms with Crippen LogP contribution in [0.3, 0.4) is 0 Å². The van der Waals surface area contributed by atoms with Gasteiger partial charge >= 0.3 is 0 Å². The third kappa shape index (κ3) is 5.82. The lowest BCUT2D eigenvalue weighted by atomic mass is 9.95. The Morgan fingerprint density at radius 2 is 1.50 bits per heavy atom. The largest absolute Gasteiger partial charge is 0.379 e. The van der Waals surface area contributed by atoms with Gasteiger partial charge in [0.25, 0.3) is 21.9 Å². The van der Waals surface area contributed by atoms with Crippen molar-refractivity contribution in [2.24, 2.45) is 12.8 Å². The molecule has 0 unspecified atom stereocenters. The second-order valence-electron chi connectivity index (χ2n) is 8.76. The number of benzene rings is 2. The van der Waals surface area contributed by atoms with Crippen LogP contribution in [-0.4, -0.2) is 51.1 Å². The summed E-state index contributed by atoms with van der Waals surface area (Å²) in [6.45, 7) is 0.716. The van der Waals surface area contributed by atoms with Crippen LogP contribution in [0.2, 0.25) is 0 Å². The monoisotopic (exact) mass is 555 g/mol. The van der Waals surface area contributed by atoms with Gasteiger partial charge in [-0.1, -0.05) is 48.2 Å². The Bertz CT molecular complexity index is 1710. The van der Waals surface area contributed by atoms with Crippen molar-refractivity contribution >= 4 is 71.8 Å². The van der Waals surface area contributed by atoms with E-state index >= 15 is 0 Å². The molecular weight excluding hydrogens is 526 g/mol. The van der Waals surface area contributed by atoms with Crippen molar-refractivity contribution in [1.29, 1.82) is 5.41 Å². The Kier molecular flexibility index (Phi) is 7.76. The van der Waals surface area contributed by atoms with Gasteiger partial charge in [-0.2, -0.15) is 8.42 Å². The number of thioether (sulfide) groups is 1. The summed E-state index contributed by atoms with van der Waals surface area (Å²) in [4.78, 5) is 26.1. The number of nitrogens with zero attached hydrogens (tertiary/aromatic N) is 2. The molecule has 2 aromatic heterocycles. The molecule has 0 radical (unpaired) electrons. The Morgan fingerprint density at radius 3 is 2.08 bits per heavy atom. The fraction of sp³-hybridized carbons (Fsp3) is 0.192. The zero-order valence-corrected chi connectivity index (χ0v) is 22.4. The number of nitrogens with one attached hydrogen (secondary N) is 2. The Labute approximate surface area is 225 Å². The summed E-state index contributed by atoms with van der Waals surface area (Å²) in [6.07, 6.45) is 5.41. The normalized spacial score (nSPS) is 13.7. The van der Waals surface area contributed by atoms with Gasteiger partial charge in [0.15, 0.2) is 5.17 Å². The molecule has 0 spiro atoms. The maximum atomic E-state index is 13.1. The summed E-state index contributed by atoms with van der Waals surface area (Å²) in [5, 5.41) is 11.9. The van der Waals surface area contributed by atoms with Crippen molar-refractivity contribution in [2.75, 3.05) is 12.0 Å². The summed E-state index contributed by atoms with van der Waals surface area (Å²) in [5.74, 6) is -0.0147. The van der Waals surface area contributed by atoms with Crippen LogP contribution in [-0.2, 0) is 33.3 Å². The summed E-state index contributed by atoms with van der Waals surface area (Å²) in [7, 11) is -1.73. The third-order valence-electron chi connectivity index (χ3n) is 5.96. The van der Waals surface area contributed by atoms with E-state index in [4.69, 9.17) is 15.7 Å². The minimum Gasteiger partial charge on any atom is -0.379 e. The number of amidine groups is 1. The Hall–Kier alpha value is -3.87. The summed E-state index contributed by atoms with van der Waals surface area (Å²) >= 11 is 1.32. The molecule has 5 rings (SSSR count). The van der Waals surface area contributed by atoms with Crippen molar-refractivity contribution < 1.29 is 24.0 Å². The molecule has 0 atom stereocenters. The number of aryl methyl sites for hydroxylation is 2. The quantitative estimate of drug-likeness (QED) is 0.0931. The van der Waals surface area contributed by atoms with Gasteiger partial charge in [0.1, 0.15) is 0 Å². The van der Waals surface area contributed by atoms with Gasteiger partial charge < -0.3 is 14.9 Å². The van der Waals surface area contributed by atoms with Gasteiger partial charge in [-0.15, -0.1) is 0 Å². The van der Waals surface area contributed by atoms with E-state index in [1.807, 2.05) is 72.5 Å². The van der Waals surface area contributed by atoms with Crippen LogP contribution in [0.25, 0.3) is 33.0 Å². The second kappa shape index (κ2) is 10.9. The lowest BCUT2D eigenvalue weighted by Crippen LogP contribution is -2.22. The standard InChI is InChI=1S/C25H23N5O2S.CH4O3S.H2/c1-29-13-17(15-7-2-4-9-19(15)29)21-22(24(32)28-23(21)31)18-14-30(11-6-12-33-25(26)27)20-10-5-3-8-16(18)20;1-5(2,3)4;/h2-5,7-10,13-14H,6,11-12H2,1H3,(H3,26,27)(H,28,31,32);1H3,(H,2,3,4);1H. The first kappa shape index (κ1) is 27.2. The van der Waals surface area contributed by atoms with Crippen LogP contribution < -0.4 is 11.1 Å². The van der Waals surface area contributed by atoms with E-state index in [2.05, 4.69) is 9.88 Å². The smallest absolute Gasteiger partial charge is 0.261 e. The SMILES string of the molecule is CS(=O)(=O)O.Cn1cc(C2=C(c3cn(CCCSC(=N)N)c4ccccc34)C(=O)NC2=O)c2ccccc21.[HH]. The highest BCUT2D eigenvalue weighted by atomic mass is 32.2. The number of amides is 2. The van der Waals surface area contributed by atoms with Crippen LogP contribution in [0.5, 0.6) is 0 Å². The molecular formula is C26H29N5O5S2. The molecule has 0 fully saturated rings. The lowest BCUT2D eigenvalue weighted by Gasteiger charge is -2.04. The van der Waals surface area contributed by atoms with Crippen LogP contribution in [0.15, 0.2) is 60.9 Å². The lowest BCUT2D eigenvalue weighted by molar-refractivity contribution is -0.122. The first-order valence-corrected chi connectivity index (χ1v) is 14.4. The molecule has 38 heavy (non-hydrogen) atoms. The van der Waals surface area contributed by atoms with Crippen LogP contribution >= 0.6 is 11.8 Å². The average molecular weight is 556 g/mol. The molecule has 5 N–H and O–H groups in total. The van der Waals surface area contributed by atoms with E-state index in [-0.39, 0.29) is 18.4 Å². The number of aromatic nitrogens is 2. The van der Waals surface area contributed by atoms with Crippen molar-refractivity contribution in [2.45, 2.75) is 13.0 Å². The van der Waals surface area contributed by atoms with Crippen molar-refractivity contribution in [3.05, 3.63) is 72.1 Å². The summed E-state index contributed by atoms with van der Waals surface area (Å²) in [6, 6.07) is 15.8. The van der Waals surface area contributed by atoms with Crippen LogP contribution in [0, 0.1) is 5.41 Å². The summed E-state index contributed by atoms with van der Waals surface area (Å²) < 4.78 is 29.9. The van der Waals surface area contributed by atoms with E-state index in [0.717, 1.165) is 45.1 Å². The topological polar surface area (TPSA) is 160 Å². The van der Waals surface area contributed by atoms with Crippen LogP contribution in [0.1, 0.15) is 19.0 Å². The highest BCUT2D eigenvalue weighted by Crippen LogP contribution is 2.38. The Morgan fingerprint density at radius 1 is 1.00 bits per heavy atom. The number of hydrogen-bond acceptors (Lipinski definition) is 6. The Balaban J connectivity index is 0.000000644. The van der Waals surface area contributed by atoms with E-state index in [0.29, 0.717) is 23.9 Å². The number of carbonyl (C=O) groups excluding carboxylic acids is 2. The molecule has 0 saturated heterocycles. The highest BCUT2D eigenvalue weighted by Gasteiger charge is 2.35. The fourth-order valence-corrected chi connectivity index (χ4v) is 5.05. The molecule has 0 bridgehead atoms. The van der Waals surface area contributed by atoms with E-state index in [1.54, 1.807) is 0 Å². The molecule has 4 aromatic rings. The molecule has 1 aliphatic rings. The predicted molar refractivity (Wildman–Crippen MR) is 153 cm³/mol. The number of fused-ring (bicyclic) bond motifs is 2. The highest BCUT2D eigenvalue weighted by molar-refractivity contribution is 8.13. The maximum Gasteiger partial charge on any atom is 0.261 e. The van der Waals surface area contributed by atoms with Gasteiger partial charge in [0.2, 0.25) is 0 Å². The number of rotatable bonds is 6. The van der Waals surface area contributed by atoms with E-state index < -0.39 is 10.1 Å². The first-order chi connectivity index (χ1) is 18.0. The minimum atomic E-state index is -3.67. The third-order valence-corrected chi connectivity index (χ3v) is 6.76. The molecule has 2 amide bonds. The predicted octanol–water partition coefficient (Wildman–Crippen LogP) is 3.47. The van der Waals surface area contributed by atoms with E-state index in [1.165, 1.54) is 11.8 Å². The van der Waals surface area contributed by atoms with Crippen LogP contribution in [0.4, 0.5) is 0 Å². The molecule has 3 heterocycles. The van der Waals surface area contributed by atoms with Gasteiger partial charge in [-0.25, -0.2) is 0 Å². The number of nitrogens with two attached hydrogens (primary N) is 1. The van der Waals surface area contributed by atoms with Gasteiger partial charge in [0.05, 0.1) is 17.4 Å². The molecule has 0 saturated carbocycles. The van der Waals surface area contributed by atoms with E-state index in [9.17, 15) is 18.0 Å². The van der Waals surface area contributed by atoms with Crippen molar-refractivity contribution in [1.82, 2.24) is 14.5 Å². The number of para-hydroxylation sites is 2. The fourth-order valence-electron chi connectivity index (χ4n) is 4.56. The number of carbonyl (C=O) groups is 2. The second-order valence-corrected chi connectivity index (χ2v) is 11.4. The van der Waals surface area contributed by atoms with Gasteiger partial charge in [-0.05, 0) is 18.6 Å². The minimum absolute atomic E-state index is 0. The number of imide groups is 1. The number of hydrogen-bond donors (Lipinski definition) is 4. The molecule has 200 valence electrons. The maximum absolute atomic E-state index is 13.1. The first-order valence-electron chi connectivity index (χ1n) is 11.6. The summed E-state index contributed by atoms with van der Waals surface area (Å²) in [5.41, 5.74) is 9.75. The van der Waals surface area contributed by atoms with Crippen molar-refractivity contribution in [3.63, 3.8) is 0 Å². The zero-order valence-electron chi connectivity index (χ0n) is 20.8. The average Bonchev–Trinajstić information content (AvgIpc) is 3.46. The molecule has 2 aromatic carbocycles. The van der Waals surface area contributed by atoms with Gasteiger partial charge in [0, 0.05) is 66.1 Å². The van der Waals surface area contributed by atoms with Crippen molar-refractivity contribution in [3.8, 4) is 0 Å². The molecule has 1 aliphatic heterocycles. The molecule has 0 aliphatic carbocycles. The molecule has 10 nitrogen and oxygen atoms in total. The van der Waals surface area contributed by atoms with Gasteiger partial charge in [-0.3, -0.25) is 24.9 Å². The molecule has 12 heteroatoms.